The average molecular weight is 366 g/mol. The van der Waals surface area contributed by atoms with Gasteiger partial charge in [-0.2, -0.15) is 10.2 Å². The molecular formula is C20H20ClN5. The fourth-order valence-electron chi connectivity index (χ4n) is 4.52. The third-order valence-electron chi connectivity index (χ3n) is 5.59. The van der Waals surface area contributed by atoms with Crippen molar-refractivity contribution in [1.82, 2.24) is 14.8 Å². The molecule has 1 fully saturated rings. The molecule has 26 heavy (non-hydrogen) atoms. The summed E-state index contributed by atoms with van der Waals surface area (Å²) in [6, 6.07) is 10.2. The van der Waals surface area contributed by atoms with Crippen molar-refractivity contribution in [3.05, 3.63) is 53.7 Å². The second-order valence-electron chi connectivity index (χ2n) is 7.16. The zero-order chi connectivity index (χ0) is 17.7. The lowest BCUT2D eigenvalue weighted by Gasteiger charge is -2.47. The third kappa shape index (κ3) is 2.20. The fourth-order valence-corrected chi connectivity index (χ4v) is 4.66. The van der Waals surface area contributed by atoms with Crippen LogP contribution in [0.15, 0.2) is 52.6 Å². The second kappa shape index (κ2) is 5.81. The summed E-state index contributed by atoms with van der Waals surface area (Å²) in [5.41, 5.74) is 3.05. The van der Waals surface area contributed by atoms with Gasteiger partial charge in [0.25, 0.3) is 0 Å². The Morgan fingerprint density at radius 1 is 1.04 bits per heavy atom. The van der Waals surface area contributed by atoms with Crippen molar-refractivity contribution >= 4 is 28.4 Å². The molecule has 0 atom stereocenters. The summed E-state index contributed by atoms with van der Waals surface area (Å²) in [5.74, 6) is 1.78. The highest BCUT2D eigenvalue weighted by molar-refractivity contribution is 6.68. The topological polar surface area (TPSA) is 45.8 Å². The second-order valence-corrected chi connectivity index (χ2v) is 7.55. The molecule has 2 aromatic rings. The summed E-state index contributed by atoms with van der Waals surface area (Å²) in [4.78, 5) is 4.94. The van der Waals surface area contributed by atoms with Crippen LogP contribution in [-0.2, 0) is 5.54 Å². The number of amidine groups is 1. The molecule has 0 amide bonds. The van der Waals surface area contributed by atoms with Crippen LogP contribution in [0.4, 0.5) is 5.82 Å². The third-order valence-corrected chi connectivity index (χ3v) is 5.79. The molecule has 6 heteroatoms. The minimum absolute atomic E-state index is 0.202. The van der Waals surface area contributed by atoms with Crippen LogP contribution in [0.3, 0.4) is 0 Å². The highest BCUT2D eigenvalue weighted by Gasteiger charge is 2.49. The van der Waals surface area contributed by atoms with Gasteiger partial charge in [-0.3, -0.25) is 0 Å². The van der Waals surface area contributed by atoms with E-state index in [9.17, 15) is 0 Å². The molecule has 0 N–H and O–H groups in total. The number of hydrogen-bond acceptors (Lipinski definition) is 4. The minimum Gasteiger partial charge on any atom is -0.235 e. The number of rotatable bonds is 1. The number of para-hydroxylation sites is 1. The van der Waals surface area contributed by atoms with E-state index in [0.29, 0.717) is 5.17 Å². The Balaban J connectivity index is 1.78. The maximum Gasteiger partial charge on any atom is 0.164 e. The van der Waals surface area contributed by atoms with Gasteiger partial charge in [0.05, 0.1) is 16.9 Å². The molecule has 0 unspecified atom stereocenters. The zero-order valence-electron chi connectivity index (χ0n) is 14.7. The van der Waals surface area contributed by atoms with Crippen molar-refractivity contribution < 1.29 is 0 Å². The smallest absolute Gasteiger partial charge is 0.164 e. The van der Waals surface area contributed by atoms with E-state index in [1.165, 1.54) is 24.8 Å². The number of hydrazone groups is 1. The molecule has 1 spiro atoms. The summed E-state index contributed by atoms with van der Waals surface area (Å²) < 4.78 is 1.97. The maximum absolute atomic E-state index is 6.25. The van der Waals surface area contributed by atoms with Gasteiger partial charge in [-0.25, -0.2) is 14.7 Å². The number of allylic oxidation sites excluding steroid dienone is 1. The molecule has 0 radical (unpaired) electrons. The van der Waals surface area contributed by atoms with Gasteiger partial charge in [-0.15, -0.1) is 0 Å². The Bertz CT molecular complexity index is 948. The first kappa shape index (κ1) is 15.8. The van der Waals surface area contributed by atoms with Crippen molar-refractivity contribution in [2.45, 2.75) is 44.6 Å². The van der Waals surface area contributed by atoms with E-state index >= 15 is 0 Å². The lowest BCUT2D eigenvalue weighted by atomic mass is 9.75. The predicted molar refractivity (Wildman–Crippen MR) is 104 cm³/mol. The van der Waals surface area contributed by atoms with Crippen LogP contribution in [0.5, 0.6) is 0 Å². The standard InChI is InChI=1S/C20H20ClN5/c1-14-18-19(25(23-14)15-8-4-2-5-9-15)22-17-11-10-16(21)24-26(17)20(18)12-6-3-7-13-20/h2,4-5,8-11H,3,6-7,12-13H2,1H3. The number of fused-ring (bicyclic) bond motifs is 4. The Labute approximate surface area is 157 Å². The Hall–Kier alpha value is -2.40. The normalized spacial score (nSPS) is 20.5. The molecule has 1 aliphatic carbocycles. The van der Waals surface area contributed by atoms with E-state index < -0.39 is 0 Å². The Kier molecular flexibility index (Phi) is 3.54. The Morgan fingerprint density at radius 3 is 2.58 bits per heavy atom. The van der Waals surface area contributed by atoms with Crippen LogP contribution in [0.25, 0.3) is 5.69 Å². The van der Waals surface area contributed by atoms with E-state index in [2.05, 4.69) is 29.2 Å². The van der Waals surface area contributed by atoms with Gasteiger partial charge in [-0.05, 0) is 44.1 Å². The first-order valence-electron chi connectivity index (χ1n) is 9.16. The van der Waals surface area contributed by atoms with Crippen molar-refractivity contribution in [3.8, 4) is 5.69 Å². The molecule has 5 nitrogen and oxygen atoms in total. The SMILES string of the molecule is Cc1nn(-c2ccccc2)c2c1C1(CCCCC1)N1N=C(Cl)C=CC1=N2. The number of nitrogens with zero attached hydrogens (tertiary/aromatic N) is 5. The monoisotopic (exact) mass is 365 g/mol. The largest absolute Gasteiger partial charge is 0.235 e. The molecule has 5 rings (SSSR count). The van der Waals surface area contributed by atoms with Crippen molar-refractivity contribution in [2.75, 3.05) is 0 Å². The van der Waals surface area contributed by atoms with E-state index in [1.807, 2.05) is 35.0 Å². The summed E-state index contributed by atoms with van der Waals surface area (Å²) in [7, 11) is 0. The molecule has 3 aliphatic rings. The molecule has 1 aromatic carbocycles. The van der Waals surface area contributed by atoms with E-state index in [0.717, 1.165) is 35.9 Å². The zero-order valence-corrected chi connectivity index (χ0v) is 15.4. The number of aryl methyl sites for hydroxylation is 1. The lowest BCUT2D eigenvalue weighted by Crippen LogP contribution is -2.50. The lowest BCUT2D eigenvalue weighted by molar-refractivity contribution is 0.116. The van der Waals surface area contributed by atoms with Crippen LogP contribution < -0.4 is 0 Å². The molecule has 1 aromatic heterocycles. The van der Waals surface area contributed by atoms with Crippen molar-refractivity contribution in [3.63, 3.8) is 0 Å². The van der Waals surface area contributed by atoms with Gasteiger partial charge in [0, 0.05) is 5.56 Å². The molecule has 1 saturated carbocycles. The highest BCUT2D eigenvalue weighted by atomic mass is 35.5. The van der Waals surface area contributed by atoms with Crippen LogP contribution in [0, 0.1) is 6.92 Å². The van der Waals surface area contributed by atoms with Gasteiger partial charge in [0.2, 0.25) is 0 Å². The Morgan fingerprint density at radius 2 is 1.81 bits per heavy atom. The van der Waals surface area contributed by atoms with Crippen LogP contribution in [0.2, 0.25) is 0 Å². The number of aliphatic imine (C=N–C) groups is 1. The van der Waals surface area contributed by atoms with Crippen LogP contribution >= 0.6 is 11.6 Å². The average Bonchev–Trinajstić information content (AvgIpc) is 3.01. The van der Waals surface area contributed by atoms with Gasteiger partial charge in [-0.1, -0.05) is 49.1 Å². The highest BCUT2D eigenvalue weighted by Crippen LogP contribution is 2.51. The van der Waals surface area contributed by atoms with Gasteiger partial charge in [0.15, 0.2) is 11.7 Å². The van der Waals surface area contributed by atoms with Gasteiger partial charge >= 0.3 is 0 Å². The first-order chi connectivity index (χ1) is 12.7. The maximum atomic E-state index is 6.25. The van der Waals surface area contributed by atoms with Crippen molar-refractivity contribution in [1.29, 1.82) is 0 Å². The quantitative estimate of drug-likeness (QED) is 0.728. The van der Waals surface area contributed by atoms with E-state index in [-0.39, 0.29) is 5.54 Å². The summed E-state index contributed by atoms with van der Waals surface area (Å²) in [6.45, 7) is 2.08. The van der Waals surface area contributed by atoms with Gasteiger partial charge < -0.3 is 0 Å². The number of hydrogen-bond donors (Lipinski definition) is 0. The molecule has 0 saturated heterocycles. The van der Waals surface area contributed by atoms with Crippen LogP contribution in [-0.4, -0.2) is 25.8 Å². The van der Waals surface area contributed by atoms with Crippen LogP contribution in [0.1, 0.15) is 43.4 Å². The predicted octanol–water partition coefficient (Wildman–Crippen LogP) is 4.81. The number of halogens is 1. The molecule has 132 valence electrons. The summed E-state index contributed by atoms with van der Waals surface area (Å²) >= 11 is 6.25. The molecule has 0 bridgehead atoms. The van der Waals surface area contributed by atoms with E-state index in [4.69, 9.17) is 21.7 Å². The minimum atomic E-state index is -0.202. The fraction of sp³-hybridized carbons (Fsp3) is 0.350. The molecule has 3 heterocycles. The van der Waals surface area contributed by atoms with E-state index in [1.54, 1.807) is 0 Å². The van der Waals surface area contributed by atoms with Crippen molar-refractivity contribution in [2.24, 2.45) is 10.1 Å². The number of benzene rings is 1. The summed E-state index contributed by atoms with van der Waals surface area (Å²) in [6.07, 6.45) is 9.48. The van der Waals surface area contributed by atoms with Gasteiger partial charge in [0.1, 0.15) is 5.17 Å². The number of aromatic nitrogens is 2. The summed E-state index contributed by atoms with van der Waals surface area (Å²) in [5, 5.41) is 12.1. The first-order valence-corrected chi connectivity index (χ1v) is 9.53. The molecule has 2 aliphatic heterocycles. The molecular weight excluding hydrogens is 346 g/mol.